The Balaban J connectivity index is 3.60. The summed E-state index contributed by atoms with van der Waals surface area (Å²) in [5, 5.41) is 10.9. The van der Waals surface area contributed by atoms with Gasteiger partial charge in [-0.1, -0.05) is 0 Å². The third kappa shape index (κ3) is 0.632. The highest BCUT2D eigenvalue weighted by Crippen LogP contribution is 1.96. The van der Waals surface area contributed by atoms with E-state index in [1.54, 1.807) is 13.8 Å². The van der Waals surface area contributed by atoms with E-state index in [9.17, 15) is 10.1 Å². The predicted octanol–water partition coefficient (Wildman–Crippen LogP) is -0.296. The van der Waals surface area contributed by atoms with Gasteiger partial charge in [0.25, 0.3) is 0 Å². The van der Waals surface area contributed by atoms with Gasteiger partial charge in [0.15, 0.2) is 5.69 Å². The summed E-state index contributed by atoms with van der Waals surface area (Å²) in [6.07, 6.45) is 0. The third-order valence-corrected chi connectivity index (χ3v) is 1.62. The molecule has 0 saturated heterocycles. The minimum absolute atomic E-state index is 0.442. The van der Waals surface area contributed by atoms with Crippen molar-refractivity contribution in [3.8, 4) is 0 Å². The zero-order valence-corrected chi connectivity index (χ0v) is 6.16. The third-order valence-electron chi connectivity index (χ3n) is 1.62. The van der Waals surface area contributed by atoms with Crippen LogP contribution in [0, 0.1) is 24.0 Å². The van der Waals surface area contributed by atoms with Gasteiger partial charge in [-0.05, 0) is 9.70 Å². The Labute approximate surface area is 57.6 Å². The van der Waals surface area contributed by atoms with E-state index in [2.05, 4.69) is 0 Å². The van der Waals surface area contributed by atoms with Crippen molar-refractivity contribution in [2.24, 2.45) is 7.05 Å². The van der Waals surface area contributed by atoms with Gasteiger partial charge in [0.2, 0.25) is 5.69 Å². The molecule has 0 bridgehead atoms. The van der Waals surface area contributed by atoms with E-state index in [-0.39, 0.29) is 0 Å². The fourth-order valence-corrected chi connectivity index (χ4v) is 0.785. The number of aromatic nitrogens is 3. The van der Waals surface area contributed by atoms with E-state index in [1.807, 2.05) is 0 Å². The quantitative estimate of drug-likeness (QED) is 0.468. The highest BCUT2D eigenvalue weighted by atomic mass is 16.5. The highest BCUT2D eigenvalue weighted by Gasteiger charge is 2.12. The van der Waals surface area contributed by atoms with Crippen LogP contribution in [-0.4, -0.2) is 9.64 Å². The first-order chi connectivity index (χ1) is 4.55. The van der Waals surface area contributed by atoms with Gasteiger partial charge >= 0.3 is 0 Å². The maximum absolute atomic E-state index is 10.9. The van der Waals surface area contributed by atoms with Crippen molar-refractivity contribution in [2.45, 2.75) is 13.8 Å². The van der Waals surface area contributed by atoms with Crippen LogP contribution in [0.25, 0.3) is 0 Å². The van der Waals surface area contributed by atoms with Crippen LogP contribution < -0.4 is 4.54 Å². The van der Waals surface area contributed by atoms with Gasteiger partial charge in [-0.25, -0.2) is 0 Å². The zero-order valence-electron chi connectivity index (χ0n) is 6.16. The molecule has 1 heterocycles. The van der Waals surface area contributed by atoms with Gasteiger partial charge in [-0.15, -0.1) is 0 Å². The van der Waals surface area contributed by atoms with Gasteiger partial charge < -0.3 is 5.21 Å². The van der Waals surface area contributed by atoms with Crippen LogP contribution in [0.5, 0.6) is 0 Å². The lowest BCUT2D eigenvalue weighted by atomic mass is 10.4. The average molecular weight is 143 g/mol. The molecule has 0 fully saturated rings. The van der Waals surface area contributed by atoms with Crippen molar-refractivity contribution in [1.29, 1.82) is 0 Å². The Morgan fingerprint density at radius 3 is 2.10 bits per heavy atom. The highest BCUT2D eigenvalue weighted by molar-refractivity contribution is 5.00. The maximum Gasteiger partial charge on any atom is 0.219 e. The maximum atomic E-state index is 10.9. The Kier molecular flexibility index (Phi) is 1.28. The molecule has 0 amide bonds. The SMILES string of the molecule is Cc1c(C)[n+](=O)n(C)n1[O-]. The fourth-order valence-electron chi connectivity index (χ4n) is 0.785. The summed E-state index contributed by atoms with van der Waals surface area (Å²) in [6.45, 7) is 3.22. The molecule has 0 aromatic carbocycles. The summed E-state index contributed by atoms with van der Waals surface area (Å²) in [5.74, 6) is 0. The van der Waals surface area contributed by atoms with Crippen LogP contribution in [0.4, 0.5) is 0 Å². The smallest absolute Gasteiger partial charge is 0.219 e. The molecule has 0 unspecified atom stereocenters. The number of nitrogens with zero attached hydrogens (tertiary/aromatic N) is 3. The molecule has 0 spiro atoms. The lowest BCUT2D eigenvalue weighted by Gasteiger charge is -1.98. The average Bonchev–Trinajstić information content (AvgIpc) is 2.07. The second kappa shape index (κ2) is 1.86. The van der Waals surface area contributed by atoms with Crippen molar-refractivity contribution in [1.82, 2.24) is 9.64 Å². The van der Waals surface area contributed by atoms with Crippen molar-refractivity contribution in [3.05, 3.63) is 21.5 Å². The zero-order chi connectivity index (χ0) is 7.89. The van der Waals surface area contributed by atoms with Crippen molar-refractivity contribution < 1.29 is 4.54 Å². The number of rotatable bonds is 0. The molecule has 10 heavy (non-hydrogen) atoms. The van der Waals surface area contributed by atoms with Crippen molar-refractivity contribution in [2.75, 3.05) is 0 Å². The van der Waals surface area contributed by atoms with E-state index >= 15 is 0 Å². The Morgan fingerprint density at radius 2 is 2.00 bits per heavy atom. The minimum Gasteiger partial charge on any atom is -0.692 e. The molecule has 0 atom stereocenters. The minimum atomic E-state index is 0.442. The van der Waals surface area contributed by atoms with Gasteiger partial charge in [0.1, 0.15) is 0 Å². The molecule has 0 N–H and O–H groups in total. The summed E-state index contributed by atoms with van der Waals surface area (Å²) < 4.78 is 0.558. The monoisotopic (exact) mass is 143 g/mol. The number of hydrogen-bond acceptors (Lipinski definition) is 2. The molecular formula is C5H9N3O2. The molecule has 56 valence electrons. The van der Waals surface area contributed by atoms with Gasteiger partial charge in [0, 0.05) is 13.8 Å². The molecule has 5 nitrogen and oxygen atoms in total. The summed E-state index contributed by atoms with van der Waals surface area (Å²) in [7, 11) is 1.42. The molecule has 5 heteroatoms. The lowest BCUT2D eigenvalue weighted by molar-refractivity contribution is -0.604. The molecule has 0 aliphatic rings. The van der Waals surface area contributed by atoms with Crippen molar-refractivity contribution in [3.63, 3.8) is 0 Å². The normalized spacial score (nSPS) is 10.3. The van der Waals surface area contributed by atoms with E-state index in [0.717, 1.165) is 4.80 Å². The Bertz CT molecular complexity index is 281. The van der Waals surface area contributed by atoms with Gasteiger partial charge in [-0.2, -0.15) is 4.85 Å². The molecule has 1 aromatic heterocycles. The van der Waals surface area contributed by atoms with Crippen LogP contribution in [0.3, 0.4) is 0 Å². The molecule has 1 rings (SSSR count). The van der Waals surface area contributed by atoms with Crippen LogP contribution in [-0.2, 0) is 7.05 Å². The first-order valence-corrected chi connectivity index (χ1v) is 2.91. The van der Waals surface area contributed by atoms with Crippen LogP contribution in [0.2, 0.25) is 0 Å². The molecular weight excluding hydrogens is 134 g/mol. The van der Waals surface area contributed by atoms with Gasteiger partial charge in [0.05, 0.1) is 11.6 Å². The van der Waals surface area contributed by atoms with E-state index in [4.69, 9.17) is 0 Å². The summed E-state index contributed by atoms with van der Waals surface area (Å²) in [6, 6.07) is 0. The number of hydrogen-bond donors (Lipinski definition) is 0. The van der Waals surface area contributed by atoms with Crippen molar-refractivity contribution >= 4 is 0 Å². The summed E-state index contributed by atoms with van der Waals surface area (Å²) in [4.78, 5) is 12.4. The first-order valence-electron chi connectivity index (χ1n) is 2.91. The standard InChI is InChI=1S/C5H9N3O2/c1-4-5(2)8(10)6(3)7(4)9/h1-3H3. The molecule has 0 aliphatic heterocycles. The lowest BCUT2D eigenvalue weighted by Crippen LogP contribution is -2.29. The summed E-state index contributed by atoms with van der Waals surface area (Å²) in [5.41, 5.74) is 0.884. The fraction of sp³-hybridized carbons (Fsp3) is 0.600. The van der Waals surface area contributed by atoms with E-state index < -0.39 is 0 Å². The van der Waals surface area contributed by atoms with Crippen LogP contribution in [0.15, 0.2) is 0 Å². The summed E-state index contributed by atoms with van der Waals surface area (Å²) >= 11 is 0. The van der Waals surface area contributed by atoms with Crippen LogP contribution in [0.1, 0.15) is 11.4 Å². The first kappa shape index (κ1) is 6.85. The van der Waals surface area contributed by atoms with Gasteiger partial charge in [-0.3, -0.25) is 0 Å². The largest absolute Gasteiger partial charge is 0.692 e. The Hall–Kier alpha value is -1.26. The van der Waals surface area contributed by atoms with E-state index in [0.29, 0.717) is 20.8 Å². The van der Waals surface area contributed by atoms with E-state index in [1.165, 1.54) is 7.05 Å². The Morgan fingerprint density at radius 1 is 1.50 bits per heavy atom. The molecule has 0 saturated carbocycles. The van der Waals surface area contributed by atoms with Crippen LogP contribution >= 0.6 is 0 Å². The molecule has 0 radical (unpaired) electrons. The topological polar surface area (TPSA) is 55.9 Å². The molecule has 0 aliphatic carbocycles. The second-order valence-corrected chi connectivity index (χ2v) is 2.21. The molecule has 1 aromatic rings. The second-order valence-electron chi connectivity index (χ2n) is 2.21. The predicted molar refractivity (Wildman–Crippen MR) is 35.0 cm³/mol.